The summed E-state index contributed by atoms with van der Waals surface area (Å²) in [4.78, 5) is 0. The van der Waals surface area contributed by atoms with Gasteiger partial charge in [-0.2, -0.15) is 0 Å². The van der Waals surface area contributed by atoms with Crippen molar-refractivity contribution in [3.63, 3.8) is 0 Å². The maximum absolute atomic E-state index is 12.8. The van der Waals surface area contributed by atoms with Gasteiger partial charge in [0.15, 0.2) is 0 Å². The number of halogens is 2. The number of allylic oxidation sites excluding steroid dienone is 3. The summed E-state index contributed by atoms with van der Waals surface area (Å²) in [6, 6.07) is 0. The van der Waals surface area contributed by atoms with Crippen molar-refractivity contribution >= 4 is 0 Å². The average molecular weight is 159 g/mol. The highest BCUT2D eigenvalue weighted by atomic mass is 19.1. The van der Waals surface area contributed by atoms with E-state index >= 15 is 0 Å². The van der Waals surface area contributed by atoms with Gasteiger partial charge in [-0.3, -0.25) is 0 Å². The monoisotopic (exact) mass is 159 g/mol. The van der Waals surface area contributed by atoms with Crippen molar-refractivity contribution in [1.29, 1.82) is 0 Å². The zero-order valence-corrected chi connectivity index (χ0v) is 6.40. The molecule has 0 fully saturated rings. The minimum atomic E-state index is -0.497. The second-order valence-electron chi connectivity index (χ2n) is 2.77. The summed E-state index contributed by atoms with van der Waals surface area (Å²) in [7, 11) is 0. The standard InChI is InChI=1S/C8H11F2N/c1-5-2-6(9)3-8(10)7(5)4-11/h3,5H,2,4,11H2,1H3. The van der Waals surface area contributed by atoms with Gasteiger partial charge < -0.3 is 5.73 Å². The van der Waals surface area contributed by atoms with Gasteiger partial charge in [0.2, 0.25) is 0 Å². The quantitative estimate of drug-likeness (QED) is 0.622. The van der Waals surface area contributed by atoms with Crippen LogP contribution in [0.25, 0.3) is 0 Å². The summed E-state index contributed by atoms with van der Waals surface area (Å²) in [5, 5.41) is 0. The molecule has 0 aromatic carbocycles. The van der Waals surface area contributed by atoms with Crippen molar-refractivity contribution in [2.24, 2.45) is 11.7 Å². The van der Waals surface area contributed by atoms with E-state index in [9.17, 15) is 8.78 Å². The molecule has 0 saturated heterocycles. The van der Waals surface area contributed by atoms with E-state index in [2.05, 4.69) is 0 Å². The Bertz CT molecular complexity index is 218. The SMILES string of the molecule is CC1CC(F)=CC(F)=C1CN. The molecule has 0 saturated carbocycles. The lowest BCUT2D eigenvalue weighted by molar-refractivity contribution is 0.484. The Labute approximate surface area is 64.6 Å². The molecule has 1 nitrogen and oxygen atoms in total. The van der Waals surface area contributed by atoms with Crippen LogP contribution in [0.15, 0.2) is 23.3 Å². The van der Waals surface area contributed by atoms with Crippen LogP contribution >= 0.6 is 0 Å². The van der Waals surface area contributed by atoms with Crippen molar-refractivity contribution in [3.05, 3.63) is 23.3 Å². The topological polar surface area (TPSA) is 26.0 Å². The van der Waals surface area contributed by atoms with Crippen LogP contribution in [0.3, 0.4) is 0 Å². The van der Waals surface area contributed by atoms with E-state index in [0.717, 1.165) is 6.08 Å². The fourth-order valence-corrected chi connectivity index (χ4v) is 1.24. The molecule has 1 aliphatic rings. The van der Waals surface area contributed by atoms with Crippen LogP contribution in [0, 0.1) is 5.92 Å². The first-order valence-corrected chi connectivity index (χ1v) is 3.59. The van der Waals surface area contributed by atoms with Crippen LogP contribution in [0.1, 0.15) is 13.3 Å². The maximum Gasteiger partial charge on any atom is 0.126 e. The van der Waals surface area contributed by atoms with Crippen molar-refractivity contribution < 1.29 is 8.78 Å². The van der Waals surface area contributed by atoms with Gasteiger partial charge in [0.05, 0.1) is 0 Å². The number of hydrogen-bond donors (Lipinski definition) is 1. The third-order valence-electron chi connectivity index (χ3n) is 1.91. The minimum absolute atomic E-state index is 0.0926. The molecule has 0 aromatic heterocycles. The highest BCUT2D eigenvalue weighted by Crippen LogP contribution is 2.29. The van der Waals surface area contributed by atoms with Crippen molar-refractivity contribution in [2.45, 2.75) is 13.3 Å². The van der Waals surface area contributed by atoms with E-state index in [4.69, 9.17) is 5.73 Å². The van der Waals surface area contributed by atoms with Gasteiger partial charge in [-0.25, -0.2) is 8.78 Å². The molecule has 3 heteroatoms. The molecular formula is C8H11F2N. The number of nitrogens with two attached hydrogens (primary N) is 1. The summed E-state index contributed by atoms with van der Waals surface area (Å²) in [6.07, 6.45) is 1.20. The normalized spacial score (nSPS) is 25.5. The molecule has 62 valence electrons. The molecule has 0 aliphatic heterocycles. The lowest BCUT2D eigenvalue weighted by atomic mass is 9.92. The molecule has 0 spiro atoms. The number of rotatable bonds is 1. The maximum atomic E-state index is 12.8. The largest absolute Gasteiger partial charge is 0.327 e. The first kappa shape index (κ1) is 8.40. The van der Waals surface area contributed by atoms with Gasteiger partial charge in [0.25, 0.3) is 0 Å². The molecule has 1 aliphatic carbocycles. The first-order chi connectivity index (χ1) is 5.15. The molecule has 1 rings (SSSR count). The van der Waals surface area contributed by atoms with Crippen LogP contribution in [0.5, 0.6) is 0 Å². The second kappa shape index (κ2) is 3.13. The van der Waals surface area contributed by atoms with Gasteiger partial charge in [-0.15, -0.1) is 0 Å². The Hall–Kier alpha value is -0.700. The Balaban J connectivity index is 2.92. The van der Waals surface area contributed by atoms with E-state index in [0.29, 0.717) is 5.57 Å². The summed E-state index contributed by atoms with van der Waals surface area (Å²) >= 11 is 0. The molecule has 0 heterocycles. The predicted octanol–water partition coefficient (Wildman–Crippen LogP) is 2.06. The Morgan fingerprint density at radius 2 is 2.27 bits per heavy atom. The molecule has 0 amide bonds. The fraction of sp³-hybridized carbons (Fsp3) is 0.500. The number of hydrogen-bond acceptors (Lipinski definition) is 1. The van der Waals surface area contributed by atoms with Crippen molar-refractivity contribution in [1.82, 2.24) is 0 Å². The average Bonchev–Trinajstić information content (AvgIpc) is 1.85. The molecule has 1 atom stereocenters. The highest BCUT2D eigenvalue weighted by molar-refractivity contribution is 5.29. The molecule has 11 heavy (non-hydrogen) atoms. The summed E-state index contributed by atoms with van der Waals surface area (Å²) in [5.74, 6) is -0.985. The predicted molar refractivity (Wildman–Crippen MR) is 40.2 cm³/mol. The van der Waals surface area contributed by atoms with Gasteiger partial charge >= 0.3 is 0 Å². The van der Waals surface area contributed by atoms with Crippen LogP contribution < -0.4 is 5.73 Å². The highest BCUT2D eigenvalue weighted by Gasteiger charge is 2.19. The second-order valence-corrected chi connectivity index (χ2v) is 2.77. The molecule has 1 unspecified atom stereocenters. The Kier molecular flexibility index (Phi) is 2.39. The van der Waals surface area contributed by atoms with Crippen LogP contribution in [0.4, 0.5) is 8.78 Å². The van der Waals surface area contributed by atoms with Crippen molar-refractivity contribution in [3.8, 4) is 0 Å². The van der Waals surface area contributed by atoms with Gasteiger partial charge in [-0.05, 0) is 11.5 Å². The molecule has 0 aromatic rings. The van der Waals surface area contributed by atoms with Crippen LogP contribution in [-0.2, 0) is 0 Å². The zero-order valence-electron chi connectivity index (χ0n) is 6.40. The molecule has 2 N–H and O–H groups in total. The van der Waals surface area contributed by atoms with Crippen molar-refractivity contribution in [2.75, 3.05) is 6.54 Å². The fourth-order valence-electron chi connectivity index (χ4n) is 1.24. The van der Waals surface area contributed by atoms with Crippen LogP contribution in [0.2, 0.25) is 0 Å². The molecular weight excluding hydrogens is 148 g/mol. The van der Waals surface area contributed by atoms with E-state index < -0.39 is 11.7 Å². The Morgan fingerprint density at radius 1 is 1.64 bits per heavy atom. The third kappa shape index (κ3) is 1.66. The summed E-state index contributed by atoms with van der Waals surface area (Å²) in [6.45, 7) is 1.95. The lowest BCUT2D eigenvalue weighted by Gasteiger charge is -2.17. The minimum Gasteiger partial charge on any atom is -0.327 e. The third-order valence-corrected chi connectivity index (χ3v) is 1.91. The first-order valence-electron chi connectivity index (χ1n) is 3.59. The zero-order chi connectivity index (χ0) is 8.43. The molecule has 0 radical (unpaired) electrons. The van der Waals surface area contributed by atoms with E-state index in [1.807, 2.05) is 0 Å². The van der Waals surface area contributed by atoms with Gasteiger partial charge in [-0.1, -0.05) is 6.92 Å². The summed E-state index contributed by atoms with van der Waals surface area (Å²) < 4.78 is 25.4. The van der Waals surface area contributed by atoms with E-state index in [-0.39, 0.29) is 18.9 Å². The lowest BCUT2D eigenvalue weighted by Crippen LogP contribution is -2.15. The van der Waals surface area contributed by atoms with Gasteiger partial charge in [0.1, 0.15) is 11.7 Å². The summed E-state index contributed by atoms with van der Waals surface area (Å²) in [5.41, 5.74) is 5.80. The van der Waals surface area contributed by atoms with E-state index in [1.54, 1.807) is 6.92 Å². The van der Waals surface area contributed by atoms with E-state index in [1.165, 1.54) is 0 Å². The van der Waals surface area contributed by atoms with Gasteiger partial charge in [0, 0.05) is 19.0 Å². The molecule has 0 bridgehead atoms. The smallest absolute Gasteiger partial charge is 0.126 e. The Morgan fingerprint density at radius 3 is 2.73 bits per heavy atom. The van der Waals surface area contributed by atoms with Crippen LogP contribution in [-0.4, -0.2) is 6.54 Å².